The fourth-order valence-corrected chi connectivity index (χ4v) is 9.47. The Morgan fingerprint density at radius 1 is 0.396 bits per heavy atom. The minimum Gasteiger partial charge on any atom is -0.455 e. The molecule has 2 nitrogen and oxygen atoms in total. The maximum absolute atomic E-state index is 6.68. The van der Waals surface area contributed by atoms with E-state index in [2.05, 4.69) is 187 Å². The molecule has 3 heteroatoms. The number of benzene rings is 9. The normalized spacial score (nSPS) is 11.8. The summed E-state index contributed by atoms with van der Waals surface area (Å²) in [5, 5.41) is 9.71. The van der Waals surface area contributed by atoms with Crippen LogP contribution < -0.4 is 4.90 Å². The molecule has 0 bridgehead atoms. The maximum atomic E-state index is 6.68. The fourth-order valence-electron chi connectivity index (χ4n) is 8.26. The van der Waals surface area contributed by atoms with Crippen molar-refractivity contribution in [2.45, 2.75) is 0 Å². The van der Waals surface area contributed by atoms with Crippen LogP contribution >= 0.6 is 11.3 Å². The lowest BCUT2D eigenvalue weighted by Crippen LogP contribution is -2.11. The molecule has 0 atom stereocenters. The maximum Gasteiger partial charge on any atom is 0.143 e. The van der Waals surface area contributed by atoms with Crippen LogP contribution in [0, 0.1) is 0 Å². The molecule has 0 N–H and O–H groups in total. The number of fused-ring (bicyclic) bond motifs is 9. The van der Waals surface area contributed by atoms with Crippen LogP contribution in [0.4, 0.5) is 17.1 Å². The summed E-state index contributed by atoms with van der Waals surface area (Å²) in [6.07, 6.45) is 0. The third kappa shape index (κ3) is 4.71. The van der Waals surface area contributed by atoms with E-state index >= 15 is 0 Å². The Kier molecular flexibility index (Phi) is 6.76. The molecule has 11 aromatic rings. The van der Waals surface area contributed by atoms with E-state index in [1.165, 1.54) is 41.7 Å². The number of furan rings is 1. The van der Waals surface area contributed by atoms with Crippen molar-refractivity contribution in [3.63, 3.8) is 0 Å². The molecular weight excluding hydrogens is 663 g/mol. The third-order valence-electron chi connectivity index (χ3n) is 10.7. The molecule has 0 fully saturated rings. The second-order valence-electron chi connectivity index (χ2n) is 13.6. The second-order valence-corrected chi connectivity index (χ2v) is 14.7. The molecule has 0 aliphatic heterocycles. The predicted octanol–water partition coefficient (Wildman–Crippen LogP) is 15.1. The molecule has 248 valence electrons. The lowest BCUT2D eigenvalue weighted by molar-refractivity contribution is 0.670. The van der Waals surface area contributed by atoms with Gasteiger partial charge in [-0.2, -0.15) is 0 Å². The van der Waals surface area contributed by atoms with Gasteiger partial charge >= 0.3 is 0 Å². The molecule has 0 unspecified atom stereocenters. The van der Waals surface area contributed by atoms with Gasteiger partial charge in [0.2, 0.25) is 0 Å². The van der Waals surface area contributed by atoms with E-state index in [0.717, 1.165) is 61.3 Å². The van der Waals surface area contributed by atoms with E-state index in [1.807, 2.05) is 17.4 Å². The van der Waals surface area contributed by atoms with Gasteiger partial charge in [0.25, 0.3) is 0 Å². The van der Waals surface area contributed by atoms with Crippen LogP contribution in [0.1, 0.15) is 0 Å². The molecule has 0 spiro atoms. The zero-order chi connectivity index (χ0) is 34.9. The minimum absolute atomic E-state index is 0.896. The zero-order valence-corrected chi connectivity index (χ0v) is 29.5. The topological polar surface area (TPSA) is 16.4 Å². The first kappa shape index (κ1) is 30.0. The van der Waals surface area contributed by atoms with E-state index in [-0.39, 0.29) is 0 Å². The van der Waals surface area contributed by atoms with Crippen molar-refractivity contribution in [3.8, 4) is 22.3 Å². The summed E-state index contributed by atoms with van der Waals surface area (Å²) in [4.78, 5) is 2.49. The molecule has 11 rings (SSSR count). The van der Waals surface area contributed by atoms with Crippen molar-refractivity contribution in [2.24, 2.45) is 0 Å². The Balaban J connectivity index is 1.25. The molecule has 2 heterocycles. The lowest BCUT2D eigenvalue weighted by Gasteiger charge is -2.29. The Morgan fingerprint density at radius 2 is 1.08 bits per heavy atom. The van der Waals surface area contributed by atoms with Gasteiger partial charge in [0.05, 0.1) is 16.1 Å². The van der Waals surface area contributed by atoms with Crippen LogP contribution in [0.2, 0.25) is 0 Å². The number of nitrogens with zero attached hydrogens (tertiary/aromatic N) is 1. The van der Waals surface area contributed by atoms with Gasteiger partial charge in [-0.1, -0.05) is 152 Å². The zero-order valence-electron chi connectivity index (χ0n) is 28.7. The van der Waals surface area contributed by atoms with Gasteiger partial charge in [-0.3, -0.25) is 0 Å². The summed E-state index contributed by atoms with van der Waals surface area (Å²) in [6.45, 7) is 0. The Hall–Kier alpha value is -6.68. The molecule has 9 aromatic carbocycles. The molecule has 0 saturated carbocycles. The molecule has 2 aromatic heterocycles. The summed E-state index contributed by atoms with van der Waals surface area (Å²) in [5.74, 6) is 0. The predicted molar refractivity (Wildman–Crippen MR) is 227 cm³/mol. The third-order valence-corrected chi connectivity index (χ3v) is 11.9. The second kappa shape index (κ2) is 11.9. The van der Waals surface area contributed by atoms with Gasteiger partial charge in [0.15, 0.2) is 0 Å². The number of para-hydroxylation sites is 2. The molecule has 53 heavy (non-hydrogen) atoms. The summed E-state index contributed by atoms with van der Waals surface area (Å²) < 4.78 is 9.23. The van der Waals surface area contributed by atoms with Crippen molar-refractivity contribution >= 4 is 92.1 Å². The summed E-state index contributed by atoms with van der Waals surface area (Å²) in [5.41, 5.74) is 9.69. The quantitative estimate of drug-likeness (QED) is 0.167. The van der Waals surface area contributed by atoms with Crippen LogP contribution in [0.25, 0.3) is 85.9 Å². The molecule has 0 saturated heterocycles. The SMILES string of the molecule is c1ccc(-c2ccc(N(c3cc4ccccc4c4ccccc34)c3cccc4c3sc3ccccc34)cc2-c2cccc3c2oc2ccccc23)cc1. The largest absolute Gasteiger partial charge is 0.455 e. The number of rotatable bonds is 5. The first-order valence-corrected chi connectivity index (χ1v) is 18.8. The van der Waals surface area contributed by atoms with E-state index in [4.69, 9.17) is 4.42 Å². The van der Waals surface area contributed by atoms with Crippen molar-refractivity contribution in [1.29, 1.82) is 0 Å². The molecule has 0 radical (unpaired) electrons. The Bertz CT molecular complexity index is 3190. The first-order chi connectivity index (χ1) is 26.3. The van der Waals surface area contributed by atoms with Crippen LogP contribution in [-0.2, 0) is 0 Å². The van der Waals surface area contributed by atoms with Crippen LogP contribution in [-0.4, -0.2) is 0 Å². The molecule has 0 aliphatic rings. The fraction of sp³-hybridized carbons (Fsp3) is 0. The Morgan fingerprint density at radius 3 is 1.96 bits per heavy atom. The van der Waals surface area contributed by atoms with E-state index < -0.39 is 0 Å². The highest BCUT2D eigenvalue weighted by atomic mass is 32.1. The van der Waals surface area contributed by atoms with Gasteiger partial charge in [0.1, 0.15) is 11.2 Å². The summed E-state index contributed by atoms with van der Waals surface area (Å²) >= 11 is 1.86. The number of thiophene rings is 1. The molecule has 0 aliphatic carbocycles. The smallest absolute Gasteiger partial charge is 0.143 e. The number of anilines is 3. The average molecular weight is 694 g/mol. The summed E-state index contributed by atoms with van der Waals surface area (Å²) in [7, 11) is 0. The highest BCUT2D eigenvalue weighted by molar-refractivity contribution is 7.26. The van der Waals surface area contributed by atoms with E-state index in [1.54, 1.807) is 0 Å². The van der Waals surface area contributed by atoms with Gasteiger partial charge in [-0.15, -0.1) is 11.3 Å². The standard InChI is InChI=1S/C50H31NOS/c1-2-14-32(15-3-1)36-29-28-34(31-44(36)42-23-12-22-41-39-20-8-10-26-47(39)52-49(41)42)51(45-25-13-24-43-40-21-9-11-27-48(40)53-50(43)45)46-30-33-16-4-5-17-35(33)37-18-6-7-19-38(37)46/h1-31H. The number of hydrogen-bond acceptors (Lipinski definition) is 3. The van der Waals surface area contributed by atoms with Crippen molar-refractivity contribution in [1.82, 2.24) is 0 Å². The van der Waals surface area contributed by atoms with E-state index in [9.17, 15) is 0 Å². The highest BCUT2D eigenvalue weighted by Gasteiger charge is 2.23. The van der Waals surface area contributed by atoms with Gasteiger partial charge in [0, 0.05) is 42.9 Å². The van der Waals surface area contributed by atoms with Crippen LogP contribution in [0.15, 0.2) is 192 Å². The average Bonchev–Trinajstić information content (AvgIpc) is 3.81. The highest BCUT2D eigenvalue weighted by Crippen LogP contribution is 2.49. The lowest BCUT2D eigenvalue weighted by atomic mass is 9.92. The Labute approximate surface area is 310 Å². The molecular formula is C50H31NOS. The van der Waals surface area contributed by atoms with E-state index in [0.29, 0.717) is 0 Å². The molecule has 0 amide bonds. The monoisotopic (exact) mass is 693 g/mol. The first-order valence-electron chi connectivity index (χ1n) is 18.0. The van der Waals surface area contributed by atoms with Crippen LogP contribution in [0.5, 0.6) is 0 Å². The minimum atomic E-state index is 0.896. The van der Waals surface area contributed by atoms with Crippen molar-refractivity contribution < 1.29 is 4.42 Å². The number of hydrogen-bond donors (Lipinski definition) is 0. The summed E-state index contributed by atoms with van der Waals surface area (Å²) in [6, 6.07) is 68.0. The van der Waals surface area contributed by atoms with Gasteiger partial charge in [-0.05, 0) is 69.2 Å². The van der Waals surface area contributed by atoms with Gasteiger partial charge in [-0.25, -0.2) is 0 Å². The van der Waals surface area contributed by atoms with Crippen molar-refractivity contribution in [3.05, 3.63) is 188 Å². The van der Waals surface area contributed by atoms with Gasteiger partial charge < -0.3 is 9.32 Å². The van der Waals surface area contributed by atoms with Crippen molar-refractivity contribution in [2.75, 3.05) is 4.90 Å². The van der Waals surface area contributed by atoms with Crippen LogP contribution in [0.3, 0.4) is 0 Å².